The minimum atomic E-state index is -7.58. The Hall–Kier alpha value is -2.78. The van der Waals surface area contributed by atoms with Gasteiger partial charge in [-0.2, -0.15) is 70.2 Å². The standard InChI is InChI=1S/C28H30F20N2O4P2/c1-17(2,29)21(35,36)24(41,42)25(43,44)22(37,38)19(31,32)9-11-53-15(51)49-13-5-7-14(8-6-13)50-16(52)54-12-10-20(33,34)23(39,40)28(48,56)26(45,46)27(47,55)18(3,4)30/h5-8H,9-12,55-56H2,1-4H3,(H,49,51)(H,50,52). The number of carbonyl (C=O) groups excluding carboxylic acids is 2. The Morgan fingerprint density at radius 2 is 0.768 bits per heavy atom. The molecule has 0 fully saturated rings. The second-order valence-electron chi connectivity index (χ2n) is 12.8. The van der Waals surface area contributed by atoms with E-state index in [9.17, 15) is 97.4 Å². The van der Waals surface area contributed by atoms with E-state index in [0.717, 1.165) is 24.3 Å². The highest BCUT2D eigenvalue weighted by atomic mass is 31.0. The zero-order valence-electron chi connectivity index (χ0n) is 28.5. The van der Waals surface area contributed by atoms with Crippen LogP contribution in [0.4, 0.5) is 109 Å². The third kappa shape index (κ3) is 9.09. The molecule has 0 radical (unpaired) electrons. The molecule has 2 amide bonds. The number of rotatable bonds is 18. The molecule has 0 heterocycles. The van der Waals surface area contributed by atoms with Gasteiger partial charge in [-0.15, -0.1) is 0 Å². The number of nitrogens with one attached hydrogen (secondary N) is 2. The maximum atomic E-state index is 14.7. The summed E-state index contributed by atoms with van der Waals surface area (Å²) < 4.78 is 290. The van der Waals surface area contributed by atoms with Gasteiger partial charge in [0, 0.05) is 11.4 Å². The van der Waals surface area contributed by atoms with Crippen molar-refractivity contribution >= 4 is 42.0 Å². The van der Waals surface area contributed by atoms with Gasteiger partial charge in [0.25, 0.3) is 5.41 Å². The van der Waals surface area contributed by atoms with Crippen LogP contribution in [0.2, 0.25) is 0 Å². The van der Waals surface area contributed by atoms with Crippen LogP contribution in [0, 0.1) is 0 Å². The zero-order valence-corrected chi connectivity index (χ0v) is 30.8. The number of amides is 2. The molecule has 2 N–H and O–H groups in total. The van der Waals surface area contributed by atoms with Crippen molar-refractivity contribution < 1.29 is 107 Å². The first-order chi connectivity index (χ1) is 24.4. The number of hydrogen-bond donors (Lipinski definition) is 2. The smallest absolute Gasteiger partial charge is 0.411 e. The van der Waals surface area contributed by atoms with E-state index in [4.69, 9.17) is 0 Å². The number of ether oxygens (including phenoxy) is 2. The summed E-state index contributed by atoms with van der Waals surface area (Å²) in [7, 11) is 0.489. The van der Waals surface area contributed by atoms with Crippen molar-refractivity contribution in [1.29, 1.82) is 0 Å². The Morgan fingerprint density at radius 1 is 0.464 bits per heavy atom. The summed E-state index contributed by atoms with van der Waals surface area (Å²) in [5.74, 6) is -53.5. The Labute approximate surface area is 307 Å². The van der Waals surface area contributed by atoms with E-state index in [2.05, 4.69) is 9.47 Å². The van der Waals surface area contributed by atoms with Crippen molar-refractivity contribution in [3.05, 3.63) is 24.3 Å². The van der Waals surface area contributed by atoms with E-state index in [1.165, 1.54) is 0 Å². The monoisotopic (exact) mass is 900 g/mol. The second kappa shape index (κ2) is 15.8. The second-order valence-corrected chi connectivity index (χ2v) is 14.4. The summed E-state index contributed by atoms with van der Waals surface area (Å²) in [4.78, 5) is 23.7. The third-order valence-electron chi connectivity index (χ3n) is 7.76. The SMILES string of the molecule is CC(C)(F)C(F)(F)C(F)(F)C(F)(F)C(F)(F)C(F)(F)CCOC(=O)Nc1ccc(NC(=O)OCCC(F)(F)C(F)(F)C(F)(P)C(F)(F)C(F)(P)C(C)(C)F)cc1. The predicted molar refractivity (Wildman–Crippen MR) is 163 cm³/mol. The molecule has 1 rings (SSSR count). The van der Waals surface area contributed by atoms with E-state index in [-0.39, 0.29) is 28.8 Å². The number of hydrogen-bond acceptors (Lipinski definition) is 4. The average Bonchev–Trinajstić information content (AvgIpc) is 2.99. The van der Waals surface area contributed by atoms with E-state index in [0.29, 0.717) is 9.24 Å². The van der Waals surface area contributed by atoms with Crippen molar-refractivity contribution in [3.8, 4) is 0 Å². The van der Waals surface area contributed by atoms with Crippen LogP contribution in [0.1, 0.15) is 40.5 Å². The number of benzene rings is 1. The van der Waals surface area contributed by atoms with Gasteiger partial charge in [-0.3, -0.25) is 10.6 Å². The molecule has 0 spiro atoms. The molecule has 28 heteroatoms. The highest BCUT2D eigenvalue weighted by molar-refractivity contribution is 7.20. The lowest BCUT2D eigenvalue weighted by molar-refractivity contribution is -0.414. The van der Waals surface area contributed by atoms with Gasteiger partial charge in [-0.1, -0.05) is 18.5 Å². The molecule has 0 aliphatic carbocycles. The van der Waals surface area contributed by atoms with E-state index >= 15 is 0 Å². The molecule has 1 aromatic carbocycles. The molecule has 0 bridgehead atoms. The van der Waals surface area contributed by atoms with Crippen molar-refractivity contribution in [2.75, 3.05) is 23.8 Å². The first kappa shape index (κ1) is 51.2. The summed E-state index contributed by atoms with van der Waals surface area (Å²) in [6, 6.07) is 3.24. The van der Waals surface area contributed by atoms with Crippen LogP contribution in [0.15, 0.2) is 24.3 Å². The summed E-state index contributed by atoms with van der Waals surface area (Å²) in [6.07, 6.45) is -8.59. The average molecular weight is 900 g/mol. The molecule has 1 aromatic rings. The lowest BCUT2D eigenvalue weighted by atomic mass is 9.87. The fourth-order valence-electron chi connectivity index (χ4n) is 3.90. The van der Waals surface area contributed by atoms with Gasteiger partial charge in [-0.05, 0) is 52.0 Å². The minimum absolute atomic E-state index is 0.0352. The van der Waals surface area contributed by atoms with E-state index in [1.54, 1.807) is 10.6 Å². The summed E-state index contributed by atoms with van der Waals surface area (Å²) in [5, 5.41) is -7.20. The van der Waals surface area contributed by atoms with Crippen LogP contribution < -0.4 is 10.6 Å². The molecular formula is C28H30F20N2O4P2. The molecule has 56 heavy (non-hydrogen) atoms. The predicted octanol–water partition coefficient (Wildman–Crippen LogP) is 11.2. The Morgan fingerprint density at radius 3 is 1.07 bits per heavy atom. The fraction of sp³-hybridized carbons (Fsp3) is 0.714. The van der Waals surface area contributed by atoms with Crippen molar-refractivity contribution in [2.45, 2.75) is 110 Å². The highest BCUT2D eigenvalue weighted by Crippen LogP contribution is 2.64. The van der Waals surface area contributed by atoms with Crippen LogP contribution in [0.5, 0.6) is 0 Å². The molecule has 0 aliphatic rings. The van der Waals surface area contributed by atoms with Crippen LogP contribution in [0.3, 0.4) is 0 Å². The topological polar surface area (TPSA) is 76.7 Å². The Balaban J connectivity index is 2.84. The van der Waals surface area contributed by atoms with Gasteiger partial charge in [0.15, 0.2) is 5.67 Å². The first-order valence-corrected chi connectivity index (χ1v) is 15.9. The molecule has 0 saturated heterocycles. The van der Waals surface area contributed by atoms with E-state index in [1.807, 2.05) is 0 Å². The molecule has 326 valence electrons. The molecule has 6 nitrogen and oxygen atoms in total. The quantitative estimate of drug-likeness (QED) is 0.114. The summed E-state index contributed by atoms with van der Waals surface area (Å²) in [6.45, 7) is -4.33. The number of carbonyl (C=O) groups is 2. The van der Waals surface area contributed by atoms with Crippen LogP contribution >= 0.6 is 18.5 Å². The van der Waals surface area contributed by atoms with Crippen LogP contribution in [0.25, 0.3) is 0 Å². The van der Waals surface area contributed by atoms with Crippen LogP contribution in [-0.4, -0.2) is 94.9 Å². The molecule has 0 aliphatic heterocycles. The largest absolute Gasteiger partial charge is 0.449 e. The molecule has 4 unspecified atom stereocenters. The molecule has 0 aromatic heterocycles. The summed E-state index contributed by atoms with van der Waals surface area (Å²) >= 11 is 0. The normalized spacial score (nSPS) is 16.8. The van der Waals surface area contributed by atoms with Gasteiger partial charge in [-0.25, -0.2) is 27.2 Å². The van der Waals surface area contributed by atoms with Gasteiger partial charge < -0.3 is 9.47 Å². The first-order valence-electron chi connectivity index (χ1n) is 14.8. The number of anilines is 2. The highest BCUT2D eigenvalue weighted by Gasteiger charge is 2.88. The number of alkyl halides is 20. The lowest BCUT2D eigenvalue weighted by Crippen LogP contribution is -2.70. The third-order valence-corrected chi connectivity index (χ3v) is 9.53. The van der Waals surface area contributed by atoms with Gasteiger partial charge in [0.2, 0.25) is 5.41 Å². The Bertz CT molecular complexity index is 1430. The fourth-order valence-corrected chi connectivity index (χ4v) is 4.70. The maximum Gasteiger partial charge on any atom is 0.411 e. The summed E-state index contributed by atoms with van der Waals surface area (Å²) in [5.41, 5.74) is -9.18. The zero-order chi connectivity index (χ0) is 44.8. The van der Waals surface area contributed by atoms with Gasteiger partial charge in [0.1, 0.15) is 5.67 Å². The molecular weight excluding hydrogens is 870 g/mol. The Kier molecular flexibility index (Phi) is 14.4. The van der Waals surface area contributed by atoms with Crippen LogP contribution in [-0.2, 0) is 9.47 Å². The van der Waals surface area contributed by atoms with E-state index < -0.39 is 127 Å². The number of halogens is 20. The lowest BCUT2D eigenvalue weighted by Gasteiger charge is -2.46. The van der Waals surface area contributed by atoms with Crippen molar-refractivity contribution in [1.82, 2.24) is 0 Å². The van der Waals surface area contributed by atoms with Crippen molar-refractivity contribution in [2.24, 2.45) is 0 Å². The molecule has 0 saturated carbocycles. The van der Waals surface area contributed by atoms with Crippen molar-refractivity contribution in [3.63, 3.8) is 0 Å². The maximum absolute atomic E-state index is 14.7. The minimum Gasteiger partial charge on any atom is -0.449 e. The van der Waals surface area contributed by atoms with Gasteiger partial charge in [0.05, 0.1) is 26.1 Å². The molecule has 4 atom stereocenters. The van der Waals surface area contributed by atoms with Gasteiger partial charge >= 0.3 is 59.6 Å².